The smallest absolute Gasteiger partial charge is 0.354 e. The molecule has 0 bridgehead atoms. The summed E-state index contributed by atoms with van der Waals surface area (Å²) in [5, 5.41) is 17.9. The molecule has 8 nitrogen and oxygen atoms in total. The lowest BCUT2D eigenvalue weighted by molar-refractivity contribution is 0.0690. The van der Waals surface area contributed by atoms with Gasteiger partial charge < -0.3 is 15.7 Å². The van der Waals surface area contributed by atoms with Crippen LogP contribution in [-0.2, 0) is 6.54 Å². The topological polar surface area (TPSA) is 109 Å². The van der Waals surface area contributed by atoms with E-state index in [2.05, 4.69) is 20.7 Å². The van der Waals surface area contributed by atoms with Crippen molar-refractivity contribution in [3.05, 3.63) is 36.4 Å². The average Bonchev–Trinajstić information content (AvgIpc) is 2.86. The number of carboxylic acids is 1. The van der Waals surface area contributed by atoms with Crippen LogP contribution in [0.4, 0.5) is 16.2 Å². The molecule has 0 saturated heterocycles. The molecule has 0 aliphatic heterocycles. The zero-order chi connectivity index (χ0) is 14.5. The van der Waals surface area contributed by atoms with Crippen molar-refractivity contribution < 1.29 is 14.7 Å². The van der Waals surface area contributed by atoms with Crippen LogP contribution in [0.25, 0.3) is 0 Å². The van der Waals surface area contributed by atoms with Crippen LogP contribution < -0.4 is 10.6 Å². The number of hydrogen-bond acceptors (Lipinski definition) is 4. The molecule has 104 valence electrons. The van der Waals surface area contributed by atoms with Crippen molar-refractivity contribution >= 4 is 23.4 Å². The van der Waals surface area contributed by atoms with Crippen LogP contribution in [0.15, 0.2) is 30.7 Å². The minimum absolute atomic E-state index is 0.0832. The summed E-state index contributed by atoms with van der Waals surface area (Å²) in [5.41, 5.74) is 0.884. The number of urea groups is 1. The molecule has 0 unspecified atom stereocenters. The predicted octanol–water partition coefficient (Wildman–Crippen LogP) is 1.64. The fraction of sp³-hybridized carbons (Fsp3) is 0.167. The molecular formula is C12H13N5O3. The lowest BCUT2D eigenvalue weighted by Gasteiger charge is -2.05. The van der Waals surface area contributed by atoms with Crippen molar-refractivity contribution in [2.24, 2.45) is 0 Å². The highest BCUT2D eigenvalue weighted by atomic mass is 16.4. The maximum absolute atomic E-state index is 11.7. The molecule has 0 saturated carbocycles. The monoisotopic (exact) mass is 275 g/mol. The van der Waals surface area contributed by atoms with E-state index in [-0.39, 0.29) is 5.69 Å². The molecule has 2 amide bonds. The molecular weight excluding hydrogens is 262 g/mol. The Hall–Kier alpha value is -2.90. The summed E-state index contributed by atoms with van der Waals surface area (Å²) in [6.45, 7) is 2.65. The number of carbonyl (C=O) groups is 2. The number of aromatic carboxylic acids is 1. The number of anilines is 2. The maximum Gasteiger partial charge on any atom is 0.354 e. The lowest BCUT2D eigenvalue weighted by Crippen LogP contribution is -2.19. The number of carboxylic acid groups (broad SMARTS) is 1. The number of nitrogens with one attached hydrogen (secondary N) is 2. The van der Waals surface area contributed by atoms with E-state index in [1.807, 2.05) is 6.92 Å². The Labute approximate surface area is 114 Å². The largest absolute Gasteiger partial charge is 0.477 e. The fourth-order valence-corrected chi connectivity index (χ4v) is 1.49. The number of aromatic nitrogens is 3. The summed E-state index contributed by atoms with van der Waals surface area (Å²) in [4.78, 5) is 26.0. The summed E-state index contributed by atoms with van der Waals surface area (Å²) in [5.74, 6) is -1.12. The molecule has 0 aromatic carbocycles. The summed E-state index contributed by atoms with van der Waals surface area (Å²) in [6, 6.07) is 2.32. The molecule has 0 aliphatic carbocycles. The molecule has 0 radical (unpaired) electrons. The van der Waals surface area contributed by atoms with E-state index in [1.165, 1.54) is 24.5 Å². The molecule has 2 rings (SSSR count). The average molecular weight is 275 g/mol. The predicted molar refractivity (Wildman–Crippen MR) is 71.7 cm³/mol. The number of pyridine rings is 1. The van der Waals surface area contributed by atoms with Crippen LogP contribution in [-0.4, -0.2) is 31.9 Å². The van der Waals surface area contributed by atoms with Crippen LogP contribution in [0.3, 0.4) is 0 Å². The van der Waals surface area contributed by atoms with E-state index in [0.717, 1.165) is 0 Å². The van der Waals surface area contributed by atoms with Gasteiger partial charge in [-0.1, -0.05) is 0 Å². The Morgan fingerprint density at radius 1 is 1.25 bits per heavy atom. The molecule has 2 aromatic rings. The third kappa shape index (κ3) is 3.31. The van der Waals surface area contributed by atoms with Crippen molar-refractivity contribution in [3.63, 3.8) is 0 Å². The third-order valence-electron chi connectivity index (χ3n) is 2.46. The van der Waals surface area contributed by atoms with E-state index in [4.69, 9.17) is 5.11 Å². The van der Waals surface area contributed by atoms with Gasteiger partial charge in [0.1, 0.15) is 5.69 Å². The maximum atomic E-state index is 11.7. The van der Waals surface area contributed by atoms with Gasteiger partial charge in [0, 0.05) is 12.7 Å². The zero-order valence-corrected chi connectivity index (χ0v) is 10.7. The van der Waals surface area contributed by atoms with E-state index < -0.39 is 12.0 Å². The Bertz CT molecular complexity index is 620. The van der Waals surface area contributed by atoms with E-state index in [1.54, 1.807) is 10.9 Å². The van der Waals surface area contributed by atoms with Crippen molar-refractivity contribution in [2.45, 2.75) is 13.5 Å². The van der Waals surface area contributed by atoms with Crippen molar-refractivity contribution in [1.29, 1.82) is 0 Å². The van der Waals surface area contributed by atoms with Gasteiger partial charge in [-0.05, 0) is 19.1 Å². The molecule has 0 aliphatic rings. The van der Waals surface area contributed by atoms with Gasteiger partial charge in [-0.3, -0.25) is 4.68 Å². The second kappa shape index (κ2) is 5.83. The molecule has 8 heteroatoms. The number of hydrogen-bond donors (Lipinski definition) is 3. The van der Waals surface area contributed by atoms with Gasteiger partial charge in [0.25, 0.3) is 0 Å². The van der Waals surface area contributed by atoms with Gasteiger partial charge in [0.2, 0.25) is 0 Å². The molecule has 2 heterocycles. The first-order valence-corrected chi connectivity index (χ1v) is 5.88. The molecule has 3 N–H and O–H groups in total. The van der Waals surface area contributed by atoms with Crippen molar-refractivity contribution in [3.8, 4) is 0 Å². The van der Waals surface area contributed by atoms with E-state index in [0.29, 0.717) is 17.9 Å². The van der Waals surface area contributed by atoms with Crippen LogP contribution in [0.1, 0.15) is 17.4 Å². The fourth-order valence-electron chi connectivity index (χ4n) is 1.49. The summed E-state index contributed by atoms with van der Waals surface area (Å²) < 4.78 is 1.68. The number of aryl methyl sites for hydroxylation is 1. The number of carbonyl (C=O) groups excluding carboxylic acids is 1. The highest BCUT2D eigenvalue weighted by molar-refractivity contribution is 5.99. The van der Waals surface area contributed by atoms with Crippen LogP contribution in [0.2, 0.25) is 0 Å². The van der Waals surface area contributed by atoms with Crippen LogP contribution in [0, 0.1) is 0 Å². The third-order valence-corrected chi connectivity index (χ3v) is 2.46. The Balaban J connectivity index is 1.95. The highest BCUT2D eigenvalue weighted by Gasteiger charge is 2.07. The molecule has 20 heavy (non-hydrogen) atoms. The molecule has 2 aromatic heterocycles. The minimum Gasteiger partial charge on any atom is -0.477 e. The lowest BCUT2D eigenvalue weighted by atomic mass is 10.3. The van der Waals surface area contributed by atoms with Crippen molar-refractivity contribution in [1.82, 2.24) is 14.8 Å². The second-order valence-corrected chi connectivity index (χ2v) is 3.90. The van der Waals surface area contributed by atoms with Gasteiger partial charge in [-0.15, -0.1) is 0 Å². The standard InChI is InChI=1S/C12H13N5O3/c1-2-17-7-9(6-14-17)16-12(20)15-8-3-4-10(11(18)19)13-5-8/h3-7H,2H2,1H3,(H,18,19)(H2,15,16,20). The molecule has 0 spiro atoms. The number of nitrogens with zero attached hydrogens (tertiary/aromatic N) is 3. The van der Waals surface area contributed by atoms with Gasteiger partial charge in [0.15, 0.2) is 0 Å². The van der Waals surface area contributed by atoms with Crippen molar-refractivity contribution in [2.75, 3.05) is 10.6 Å². The number of amides is 2. The van der Waals surface area contributed by atoms with E-state index in [9.17, 15) is 9.59 Å². The first kappa shape index (κ1) is 13.5. The Morgan fingerprint density at radius 2 is 2.00 bits per heavy atom. The highest BCUT2D eigenvalue weighted by Crippen LogP contribution is 2.09. The molecule has 0 fully saturated rings. The molecule has 0 atom stereocenters. The Morgan fingerprint density at radius 3 is 2.55 bits per heavy atom. The zero-order valence-electron chi connectivity index (χ0n) is 10.7. The number of rotatable bonds is 4. The first-order chi connectivity index (χ1) is 9.58. The summed E-state index contributed by atoms with van der Waals surface area (Å²) >= 11 is 0. The Kier molecular flexibility index (Phi) is 3.94. The minimum atomic E-state index is -1.12. The van der Waals surface area contributed by atoms with Gasteiger partial charge in [-0.25, -0.2) is 14.6 Å². The van der Waals surface area contributed by atoms with Crippen LogP contribution in [0.5, 0.6) is 0 Å². The summed E-state index contributed by atoms with van der Waals surface area (Å²) in [6.07, 6.45) is 4.51. The van der Waals surface area contributed by atoms with Gasteiger partial charge in [-0.2, -0.15) is 5.10 Å². The first-order valence-electron chi connectivity index (χ1n) is 5.88. The quantitative estimate of drug-likeness (QED) is 0.785. The SMILES string of the molecule is CCn1cc(NC(=O)Nc2ccc(C(=O)O)nc2)cn1. The summed E-state index contributed by atoms with van der Waals surface area (Å²) in [7, 11) is 0. The van der Waals surface area contributed by atoms with Gasteiger partial charge >= 0.3 is 12.0 Å². The second-order valence-electron chi connectivity index (χ2n) is 3.90. The van der Waals surface area contributed by atoms with Crippen LogP contribution >= 0.6 is 0 Å². The van der Waals surface area contributed by atoms with Gasteiger partial charge in [0.05, 0.1) is 23.8 Å². The van der Waals surface area contributed by atoms with E-state index >= 15 is 0 Å². The normalized spacial score (nSPS) is 10.1.